The Balaban J connectivity index is 2.05. The van der Waals surface area contributed by atoms with Gasteiger partial charge >= 0.3 is 5.97 Å². The highest BCUT2D eigenvalue weighted by Gasteiger charge is 2.22. The van der Waals surface area contributed by atoms with Crippen molar-refractivity contribution >= 4 is 17.6 Å². The highest BCUT2D eigenvalue weighted by molar-refractivity contribution is 5.98. The van der Waals surface area contributed by atoms with Crippen LogP contribution < -0.4 is 10.1 Å². The molecule has 1 heterocycles. The highest BCUT2D eigenvalue weighted by atomic mass is 19.1. The van der Waals surface area contributed by atoms with E-state index in [1.807, 2.05) is 6.92 Å². The van der Waals surface area contributed by atoms with E-state index in [1.165, 1.54) is 26.2 Å². The molecule has 8 heteroatoms. The Bertz CT molecular complexity index is 816. The minimum atomic E-state index is -1.06. The van der Waals surface area contributed by atoms with Crippen molar-refractivity contribution in [3.63, 3.8) is 0 Å². The second kappa shape index (κ2) is 7.33. The van der Waals surface area contributed by atoms with Gasteiger partial charge in [-0.05, 0) is 39.0 Å². The molecule has 7 nitrogen and oxygen atoms in total. The molecule has 2 rings (SSSR count). The number of nitrogens with zero attached hydrogens (tertiary/aromatic N) is 2. The number of ether oxygens (including phenoxy) is 2. The molecule has 0 aliphatic carbocycles. The van der Waals surface area contributed by atoms with E-state index >= 15 is 0 Å². The third kappa shape index (κ3) is 3.96. The van der Waals surface area contributed by atoms with Gasteiger partial charge in [0.15, 0.2) is 17.7 Å². The van der Waals surface area contributed by atoms with Crippen LogP contribution in [0.25, 0.3) is 0 Å². The molecule has 0 aliphatic heterocycles. The van der Waals surface area contributed by atoms with Crippen molar-refractivity contribution in [2.24, 2.45) is 7.05 Å². The molecule has 1 atom stereocenters. The van der Waals surface area contributed by atoms with Gasteiger partial charge in [0.2, 0.25) is 0 Å². The summed E-state index contributed by atoms with van der Waals surface area (Å²) in [5.74, 6) is -1.97. The van der Waals surface area contributed by atoms with E-state index in [1.54, 1.807) is 18.7 Å². The van der Waals surface area contributed by atoms with Crippen LogP contribution in [0.15, 0.2) is 18.2 Å². The molecular formula is C17H20FN3O4. The van der Waals surface area contributed by atoms with Crippen LogP contribution in [0, 0.1) is 19.7 Å². The molecule has 25 heavy (non-hydrogen) atoms. The summed E-state index contributed by atoms with van der Waals surface area (Å²) in [7, 11) is 3.09. The van der Waals surface area contributed by atoms with Gasteiger partial charge in [0.05, 0.1) is 29.7 Å². The summed E-state index contributed by atoms with van der Waals surface area (Å²) in [6.07, 6.45) is -1.06. The number of esters is 1. The average Bonchev–Trinajstić information content (AvgIpc) is 2.80. The summed E-state index contributed by atoms with van der Waals surface area (Å²) in [6, 6.07) is 3.69. The summed E-state index contributed by atoms with van der Waals surface area (Å²) >= 11 is 0. The Kier molecular flexibility index (Phi) is 5.41. The lowest BCUT2D eigenvalue weighted by molar-refractivity contribution is -0.123. The fraction of sp³-hybridized carbons (Fsp3) is 0.353. The zero-order valence-corrected chi connectivity index (χ0v) is 14.7. The van der Waals surface area contributed by atoms with Gasteiger partial charge in [0.25, 0.3) is 5.91 Å². The van der Waals surface area contributed by atoms with Gasteiger partial charge in [0, 0.05) is 7.05 Å². The molecule has 0 unspecified atom stereocenters. The minimum Gasteiger partial charge on any atom is -0.494 e. The first kappa shape index (κ1) is 18.4. The SMILES string of the molecule is COc1ccc(C(=O)O[C@H](C)C(=O)Nc2c(C)nn(C)c2C)cc1F. The summed E-state index contributed by atoms with van der Waals surface area (Å²) in [4.78, 5) is 24.3. The van der Waals surface area contributed by atoms with Crippen molar-refractivity contribution in [1.82, 2.24) is 9.78 Å². The van der Waals surface area contributed by atoms with Crippen molar-refractivity contribution in [2.75, 3.05) is 12.4 Å². The number of nitrogens with one attached hydrogen (secondary N) is 1. The monoisotopic (exact) mass is 349 g/mol. The molecule has 1 aromatic heterocycles. The van der Waals surface area contributed by atoms with Crippen LogP contribution in [0.5, 0.6) is 5.75 Å². The first-order chi connectivity index (χ1) is 11.7. The van der Waals surface area contributed by atoms with Gasteiger partial charge in [0.1, 0.15) is 0 Å². The number of amides is 1. The fourth-order valence-corrected chi connectivity index (χ4v) is 2.25. The van der Waals surface area contributed by atoms with Crippen molar-refractivity contribution in [2.45, 2.75) is 26.9 Å². The van der Waals surface area contributed by atoms with Crippen LogP contribution in [0.1, 0.15) is 28.7 Å². The lowest BCUT2D eigenvalue weighted by Gasteiger charge is -2.14. The second-order valence-electron chi connectivity index (χ2n) is 5.56. The van der Waals surface area contributed by atoms with E-state index < -0.39 is 23.8 Å². The van der Waals surface area contributed by atoms with Crippen molar-refractivity contribution in [1.29, 1.82) is 0 Å². The molecule has 1 amide bonds. The number of hydrogen-bond donors (Lipinski definition) is 1. The van der Waals surface area contributed by atoms with Crippen LogP contribution in [-0.2, 0) is 16.6 Å². The van der Waals surface area contributed by atoms with Crippen LogP contribution in [0.2, 0.25) is 0 Å². The quantitative estimate of drug-likeness (QED) is 0.838. The molecule has 134 valence electrons. The lowest BCUT2D eigenvalue weighted by atomic mass is 10.2. The normalized spacial score (nSPS) is 11.8. The minimum absolute atomic E-state index is 0.00770. The third-order valence-electron chi connectivity index (χ3n) is 3.80. The van der Waals surface area contributed by atoms with Gasteiger partial charge in [-0.25, -0.2) is 9.18 Å². The topological polar surface area (TPSA) is 82.4 Å². The Hall–Kier alpha value is -2.90. The maximum atomic E-state index is 13.7. The van der Waals surface area contributed by atoms with Gasteiger partial charge in [-0.15, -0.1) is 0 Å². The van der Waals surface area contributed by atoms with Crippen LogP contribution in [0.4, 0.5) is 10.1 Å². The zero-order valence-electron chi connectivity index (χ0n) is 14.7. The number of hydrogen-bond acceptors (Lipinski definition) is 5. The summed E-state index contributed by atoms with van der Waals surface area (Å²) in [6.45, 7) is 5.01. The first-order valence-corrected chi connectivity index (χ1v) is 7.60. The van der Waals surface area contributed by atoms with Crippen LogP contribution in [0.3, 0.4) is 0 Å². The maximum absolute atomic E-state index is 13.7. The van der Waals surface area contributed by atoms with Gasteiger partial charge in [-0.2, -0.15) is 5.10 Å². The molecule has 0 saturated carbocycles. The number of halogens is 1. The number of rotatable bonds is 5. The number of carbonyl (C=O) groups is 2. The number of methoxy groups -OCH3 is 1. The van der Waals surface area contributed by atoms with E-state index in [-0.39, 0.29) is 11.3 Å². The highest BCUT2D eigenvalue weighted by Crippen LogP contribution is 2.20. The van der Waals surface area contributed by atoms with Crippen molar-refractivity contribution < 1.29 is 23.5 Å². The second-order valence-corrected chi connectivity index (χ2v) is 5.56. The zero-order chi connectivity index (χ0) is 18.7. The smallest absolute Gasteiger partial charge is 0.339 e. The number of benzene rings is 1. The van der Waals surface area contributed by atoms with Crippen molar-refractivity contribution in [3.05, 3.63) is 41.0 Å². The Morgan fingerprint density at radius 2 is 2.00 bits per heavy atom. The Morgan fingerprint density at radius 1 is 1.32 bits per heavy atom. The van der Waals surface area contributed by atoms with Gasteiger partial charge in [-0.3, -0.25) is 9.48 Å². The molecule has 0 fully saturated rings. The van der Waals surface area contributed by atoms with Gasteiger partial charge in [-0.1, -0.05) is 0 Å². The van der Waals surface area contributed by atoms with Gasteiger partial charge < -0.3 is 14.8 Å². The molecule has 0 aliphatic rings. The Morgan fingerprint density at radius 3 is 2.52 bits per heavy atom. The van der Waals surface area contributed by atoms with Crippen LogP contribution in [-0.4, -0.2) is 34.9 Å². The summed E-state index contributed by atoms with van der Waals surface area (Å²) in [5, 5.41) is 6.89. The largest absolute Gasteiger partial charge is 0.494 e. The molecule has 0 saturated heterocycles. The van der Waals surface area contributed by atoms with E-state index in [0.29, 0.717) is 11.4 Å². The molecule has 1 N–H and O–H groups in total. The fourth-order valence-electron chi connectivity index (χ4n) is 2.25. The van der Waals surface area contributed by atoms with E-state index in [0.717, 1.165) is 11.8 Å². The molecule has 2 aromatic rings. The lowest BCUT2D eigenvalue weighted by Crippen LogP contribution is -2.30. The number of aryl methyl sites for hydroxylation is 2. The predicted molar refractivity (Wildman–Crippen MR) is 89.1 cm³/mol. The number of carbonyl (C=O) groups excluding carboxylic acids is 2. The van der Waals surface area contributed by atoms with E-state index in [2.05, 4.69) is 10.4 Å². The third-order valence-corrected chi connectivity index (χ3v) is 3.80. The standard InChI is InChI=1S/C17H20FN3O4/c1-9-15(10(2)21(4)20-9)19-16(22)11(3)25-17(23)12-6-7-14(24-5)13(18)8-12/h6-8,11H,1-5H3,(H,19,22)/t11-/m1/s1. The molecule has 1 aromatic carbocycles. The van der Waals surface area contributed by atoms with E-state index in [4.69, 9.17) is 9.47 Å². The predicted octanol–water partition coefficient (Wildman–Crippen LogP) is 2.37. The molecular weight excluding hydrogens is 329 g/mol. The number of anilines is 1. The number of aromatic nitrogens is 2. The molecule has 0 radical (unpaired) electrons. The first-order valence-electron chi connectivity index (χ1n) is 7.60. The van der Waals surface area contributed by atoms with Crippen molar-refractivity contribution in [3.8, 4) is 5.75 Å². The molecule has 0 bridgehead atoms. The average molecular weight is 349 g/mol. The van der Waals surface area contributed by atoms with Crippen LogP contribution >= 0.6 is 0 Å². The molecule has 0 spiro atoms. The summed E-state index contributed by atoms with van der Waals surface area (Å²) in [5.41, 5.74) is 2.00. The summed E-state index contributed by atoms with van der Waals surface area (Å²) < 4.78 is 25.2. The maximum Gasteiger partial charge on any atom is 0.339 e. The van der Waals surface area contributed by atoms with E-state index in [9.17, 15) is 14.0 Å². The Labute approximate surface area is 144 Å².